The van der Waals surface area contributed by atoms with Crippen molar-refractivity contribution < 1.29 is 28.2 Å². The third-order valence-electron chi connectivity index (χ3n) is 5.88. The van der Waals surface area contributed by atoms with Crippen molar-refractivity contribution in [2.45, 2.75) is 32.4 Å². The number of halogens is 1. The Hall–Kier alpha value is -4.40. The minimum absolute atomic E-state index is 0.0842. The highest BCUT2D eigenvalue weighted by Crippen LogP contribution is 2.29. The molecule has 3 aromatic carbocycles. The molecule has 192 valence electrons. The van der Waals surface area contributed by atoms with Crippen LogP contribution in [0.4, 0.5) is 20.6 Å². The number of benzene rings is 3. The number of nitrogens with zero attached hydrogens (tertiary/aromatic N) is 2. The summed E-state index contributed by atoms with van der Waals surface area (Å²) in [5.74, 6) is -0.177. The summed E-state index contributed by atoms with van der Waals surface area (Å²) in [5.41, 5.74) is 1.51. The zero-order valence-corrected chi connectivity index (χ0v) is 20.6. The summed E-state index contributed by atoms with van der Waals surface area (Å²) in [7, 11) is 1.54. The minimum Gasteiger partial charge on any atom is -0.497 e. The normalized spacial score (nSPS) is 15.2. The highest BCUT2D eigenvalue weighted by Gasteiger charge is 2.46. The maximum absolute atomic E-state index is 13.5. The van der Waals surface area contributed by atoms with Crippen molar-refractivity contribution in [1.29, 1.82) is 0 Å². The molecule has 0 unspecified atom stereocenters. The number of imide groups is 1. The smallest absolute Gasteiger partial charge is 0.332 e. The van der Waals surface area contributed by atoms with Gasteiger partial charge in [-0.2, -0.15) is 0 Å². The fraction of sp³-hybridized carbons (Fsp3) is 0.250. The lowest BCUT2D eigenvalue weighted by Gasteiger charge is -2.22. The van der Waals surface area contributed by atoms with Gasteiger partial charge in [-0.05, 0) is 72.6 Å². The highest BCUT2D eigenvalue weighted by atomic mass is 19.1. The molecule has 3 aromatic rings. The molecular weight excluding hydrogens is 477 g/mol. The van der Waals surface area contributed by atoms with Crippen molar-refractivity contribution in [1.82, 2.24) is 4.90 Å². The molecule has 8 nitrogen and oxygen atoms in total. The molecule has 9 heteroatoms. The third-order valence-corrected chi connectivity index (χ3v) is 5.88. The number of urea groups is 1. The molecule has 0 bridgehead atoms. The Morgan fingerprint density at radius 3 is 2.41 bits per heavy atom. The van der Waals surface area contributed by atoms with Crippen LogP contribution in [-0.2, 0) is 16.1 Å². The molecule has 1 saturated heterocycles. The van der Waals surface area contributed by atoms with Crippen LogP contribution in [-0.4, -0.2) is 42.5 Å². The number of rotatable bonds is 10. The van der Waals surface area contributed by atoms with Gasteiger partial charge in [-0.1, -0.05) is 19.1 Å². The van der Waals surface area contributed by atoms with Crippen LogP contribution >= 0.6 is 0 Å². The van der Waals surface area contributed by atoms with Crippen LogP contribution in [0.2, 0.25) is 0 Å². The minimum atomic E-state index is -1.05. The molecule has 1 atom stereocenters. The summed E-state index contributed by atoms with van der Waals surface area (Å²) in [4.78, 5) is 42.1. The number of ether oxygens (including phenoxy) is 2. The van der Waals surface area contributed by atoms with Gasteiger partial charge in [0.15, 0.2) is 0 Å². The summed E-state index contributed by atoms with van der Waals surface area (Å²) in [6.45, 7) is 2.69. The quantitative estimate of drug-likeness (QED) is 0.392. The Labute approximate surface area is 214 Å². The van der Waals surface area contributed by atoms with Gasteiger partial charge < -0.3 is 19.7 Å². The Kier molecular flexibility index (Phi) is 8.02. The van der Waals surface area contributed by atoms with Gasteiger partial charge in [0.25, 0.3) is 5.91 Å². The van der Waals surface area contributed by atoms with Gasteiger partial charge in [0.1, 0.15) is 23.4 Å². The monoisotopic (exact) mass is 505 g/mol. The number of anilines is 2. The first-order valence-electron chi connectivity index (χ1n) is 12.0. The molecule has 0 aliphatic carbocycles. The molecule has 1 aliphatic rings. The van der Waals surface area contributed by atoms with Crippen molar-refractivity contribution in [2.75, 3.05) is 23.9 Å². The molecule has 4 amide bonds. The maximum Gasteiger partial charge on any atom is 0.332 e. The van der Waals surface area contributed by atoms with E-state index in [0.29, 0.717) is 23.8 Å². The predicted molar refractivity (Wildman–Crippen MR) is 137 cm³/mol. The van der Waals surface area contributed by atoms with Crippen LogP contribution in [0.1, 0.15) is 25.3 Å². The van der Waals surface area contributed by atoms with E-state index in [1.165, 1.54) is 36.3 Å². The molecule has 0 saturated carbocycles. The number of nitrogens with one attached hydrogen (secondary N) is 1. The van der Waals surface area contributed by atoms with Gasteiger partial charge in [0.2, 0.25) is 5.91 Å². The lowest BCUT2D eigenvalue weighted by molar-refractivity contribution is -0.124. The molecule has 1 aliphatic heterocycles. The van der Waals surface area contributed by atoms with E-state index in [9.17, 15) is 18.8 Å². The van der Waals surface area contributed by atoms with E-state index < -0.39 is 29.7 Å². The van der Waals surface area contributed by atoms with Crippen LogP contribution in [0.15, 0.2) is 72.8 Å². The predicted octanol–water partition coefficient (Wildman–Crippen LogP) is 4.99. The summed E-state index contributed by atoms with van der Waals surface area (Å²) in [6, 6.07) is 17.5. The maximum atomic E-state index is 13.5. The highest BCUT2D eigenvalue weighted by molar-refractivity contribution is 6.22. The van der Waals surface area contributed by atoms with E-state index >= 15 is 0 Å². The third kappa shape index (κ3) is 6.06. The summed E-state index contributed by atoms with van der Waals surface area (Å²) >= 11 is 0. The summed E-state index contributed by atoms with van der Waals surface area (Å²) in [5, 5.41) is 2.78. The number of amides is 4. The average Bonchev–Trinajstić information content (AvgIpc) is 3.12. The van der Waals surface area contributed by atoms with Crippen LogP contribution in [0.25, 0.3) is 0 Å². The van der Waals surface area contributed by atoms with E-state index in [4.69, 9.17) is 9.47 Å². The molecule has 1 N–H and O–H groups in total. The second-order valence-electron chi connectivity index (χ2n) is 8.55. The number of hydrogen-bond donors (Lipinski definition) is 1. The second-order valence-corrected chi connectivity index (χ2v) is 8.55. The second kappa shape index (κ2) is 11.6. The van der Waals surface area contributed by atoms with Crippen LogP contribution in [0, 0.1) is 5.82 Å². The van der Waals surface area contributed by atoms with E-state index in [2.05, 4.69) is 5.32 Å². The van der Waals surface area contributed by atoms with Gasteiger partial charge in [-0.3, -0.25) is 9.59 Å². The average molecular weight is 506 g/mol. The first-order chi connectivity index (χ1) is 17.9. The molecular formula is C28H28FN3O5. The lowest BCUT2D eigenvalue weighted by Crippen LogP contribution is -2.37. The van der Waals surface area contributed by atoms with Gasteiger partial charge >= 0.3 is 6.03 Å². The molecule has 1 fully saturated rings. The molecule has 4 rings (SSSR count). The van der Waals surface area contributed by atoms with Crippen molar-refractivity contribution in [3.8, 4) is 11.5 Å². The molecule has 1 heterocycles. The van der Waals surface area contributed by atoms with E-state index in [1.807, 2.05) is 6.92 Å². The Bertz CT molecular complexity index is 1260. The fourth-order valence-electron chi connectivity index (χ4n) is 4.05. The standard InChI is InChI=1S/C28H28FN3O5/c1-3-15-37-23-13-9-21(10-14-23)30-26(33)17-25-27(34)32(22-11-7-20(29)8-12-22)28(35)31(25)18-19-5-4-6-24(16-19)36-2/h4-14,16,25H,3,15,17-18H2,1-2H3,(H,30,33)/t25-/m0/s1. The van der Waals surface area contributed by atoms with Gasteiger partial charge in [0, 0.05) is 12.2 Å². The largest absolute Gasteiger partial charge is 0.497 e. The van der Waals surface area contributed by atoms with Crippen molar-refractivity contribution in [3.63, 3.8) is 0 Å². The van der Waals surface area contributed by atoms with Gasteiger partial charge in [0.05, 0.1) is 25.8 Å². The zero-order chi connectivity index (χ0) is 26.4. The zero-order valence-electron chi connectivity index (χ0n) is 20.6. The first-order valence-corrected chi connectivity index (χ1v) is 12.0. The summed E-state index contributed by atoms with van der Waals surface area (Å²) < 4.78 is 24.3. The Morgan fingerprint density at radius 2 is 1.73 bits per heavy atom. The van der Waals surface area contributed by atoms with E-state index in [0.717, 1.165) is 16.9 Å². The molecule has 0 aromatic heterocycles. The van der Waals surface area contributed by atoms with Crippen LogP contribution < -0.4 is 19.7 Å². The Balaban J connectivity index is 1.55. The van der Waals surface area contributed by atoms with E-state index in [-0.39, 0.29) is 18.7 Å². The van der Waals surface area contributed by atoms with E-state index in [1.54, 1.807) is 48.5 Å². The molecule has 37 heavy (non-hydrogen) atoms. The van der Waals surface area contributed by atoms with Crippen molar-refractivity contribution >= 4 is 29.2 Å². The number of hydrogen-bond acceptors (Lipinski definition) is 5. The summed E-state index contributed by atoms with van der Waals surface area (Å²) in [6.07, 6.45) is 0.633. The Morgan fingerprint density at radius 1 is 1.00 bits per heavy atom. The molecule has 0 spiro atoms. The van der Waals surface area contributed by atoms with Gasteiger partial charge in [-0.25, -0.2) is 14.1 Å². The van der Waals surface area contributed by atoms with Gasteiger partial charge in [-0.15, -0.1) is 0 Å². The van der Waals surface area contributed by atoms with Crippen molar-refractivity contribution in [3.05, 3.63) is 84.2 Å². The SMILES string of the molecule is CCCOc1ccc(NC(=O)C[C@H]2C(=O)N(c3ccc(F)cc3)C(=O)N2Cc2cccc(OC)c2)cc1. The lowest BCUT2D eigenvalue weighted by atomic mass is 10.1. The first kappa shape index (κ1) is 25.7. The fourth-order valence-corrected chi connectivity index (χ4v) is 4.05. The van der Waals surface area contributed by atoms with Crippen LogP contribution in [0.3, 0.4) is 0 Å². The topological polar surface area (TPSA) is 88.2 Å². The van der Waals surface area contributed by atoms with Crippen molar-refractivity contribution in [2.24, 2.45) is 0 Å². The number of carbonyl (C=O) groups is 3. The number of methoxy groups -OCH3 is 1. The molecule has 0 radical (unpaired) electrons. The van der Waals surface area contributed by atoms with Crippen LogP contribution in [0.5, 0.6) is 11.5 Å². The number of carbonyl (C=O) groups excluding carboxylic acids is 3.